The second kappa shape index (κ2) is 4.82. The minimum atomic E-state index is 0.266. The first-order chi connectivity index (χ1) is 8.83. The van der Waals surface area contributed by atoms with Gasteiger partial charge in [0.2, 0.25) is 0 Å². The Kier molecular flexibility index (Phi) is 3.02. The predicted molar refractivity (Wildman–Crippen MR) is 68.3 cm³/mol. The first kappa shape index (κ1) is 11.3. The van der Waals surface area contributed by atoms with Crippen molar-refractivity contribution in [1.29, 1.82) is 0 Å². The third-order valence-corrected chi connectivity index (χ3v) is 3.44. The van der Waals surface area contributed by atoms with E-state index in [1.807, 2.05) is 12.1 Å². The van der Waals surface area contributed by atoms with Crippen LogP contribution in [0.25, 0.3) is 11.1 Å². The molecule has 3 rings (SSSR count). The molecule has 1 aromatic heterocycles. The fourth-order valence-electron chi connectivity index (χ4n) is 2.47. The van der Waals surface area contributed by atoms with E-state index in [1.54, 1.807) is 18.3 Å². The molecule has 94 valence electrons. The highest BCUT2D eigenvalue weighted by Gasteiger charge is 2.19. The maximum Gasteiger partial charge on any atom is 0.144 e. The third kappa shape index (κ3) is 2.24. The number of benzene rings is 1. The zero-order valence-corrected chi connectivity index (χ0v) is 10.1. The van der Waals surface area contributed by atoms with E-state index < -0.39 is 0 Å². The van der Waals surface area contributed by atoms with Crippen molar-refractivity contribution in [3.63, 3.8) is 0 Å². The maximum absolute atomic E-state index is 9.53. The molecular formula is C14H16N2O2. The SMILES string of the molecule is Oc1cccc(-c2cnoc2CC2CCNC2)c1. The molecular weight excluding hydrogens is 228 g/mol. The molecule has 1 aromatic carbocycles. The number of hydrogen-bond donors (Lipinski definition) is 2. The van der Waals surface area contributed by atoms with Crippen LogP contribution in [0.4, 0.5) is 0 Å². The van der Waals surface area contributed by atoms with Gasteiger partial charge in [-0.1, -0.05) is 17.3 Å². The van der Waals surface area contributed by atoms with E-state index in [-0.39, 0.29) is 5.75 Å². The first-order valence-electron chi connectivity index (χ1n) is 6.26. The van der Waals surface area contributed by atoms with E-state index in [0.717, 1.165) is 36.4 Å². The molecule has 2 heterocycles. The second-order valence-electron chi connectivity index (χ2n) is 4.78. The highest BCUT2D eigenvalue weighted by atomic mass is 16.5. The third-order valence-electron chi connectivity index (χ3n) is 3.44. The number of nitrogens with one attached hydrogen (secondary N) is 1. The summed E-state index contributed by atoms with van der Waals surface area (Å²) in [7, 11) is 0. The van der Waals surface area contributed by atoms with Gasteiger partial charge in [0, 0.05) is 12.0 Å². The van der Waals surface area contributed by atoms with Crippen LogP contribution in [0.2, 0.25) is 0 Å². The Morgan fingerprint density at radius 3 is 3.17 bits per heavy atom. The first-order valence-corrected chi connectivity index (χ1v) is 6.26. The predicted octanol–water partition coefficient (Wildman–Crippen LogP) is 2.20. The highest BCUT2D eigenvalue weighted by molar-refractivity contribution is 5.66. The van der Waals surface area contributed by atoms with Crippen molar-refractivity contribution < 1.29 is 9.63 Å². The fourth-order valence-corrected chi connectivity index (χ4v) is 2.47. The zero-order chi connectivity index (χ0) is 12.4. The molecule has 1 atom stereocenters. The monoisotopic (exact) mass is 244 g/mol. The molecule has 0 spiro atoms. The smallest absolute Gasteiger partial charge is 0.144 e. The van der Waals surface area contributed by atoms with Crippen LogP contribution in [-0.4, -0.2) is 23.4 Å². The van der Waals surface area contributed by atoms with Crippen molar-refractivity contribution in [3.8, 4) is 16.9 Å². The standard InChI is InChI=1S/C14H16N2O2/c17-12-3-1-2-11(7-12)13-9-16-18-14(13)6-10-4-5-15-8-10/h1-3,7,9-10,15,17H,4-6,8H2. The molecule has 1 unspecified atom stereocenters. The molecule has 0 saturated carbocycles. The summed E-state index contributed by atoms with van der Waals surface area (Å²) in [5, 5.41) is 16.8. The molecule has 18 heavy (non-hydrogen) atoms. The molecule has 4 nitrogen and oxygen atoms in total. The number of aromatic nitrogens is 1. The van der Waals surface area contributed by atoms with Gasteiger partial charge in [0.25, 0.3) is 0 Å². The number of aromatic hydroxyl groups is 1. The lowest BCUT2D eigenvalue weighted by atomic mass is 9.98. The van der Waals surface area contributed by atoms with Crippen LogP contribution in [0.5, 0.6) is 5.75 Å². The van der Waals surface area contributed by atoms with Crippen molar-refractivity contribution in [2.45, 2.75) is 12.8 Å². The lowest BCUT2D eigenvalue weighted by Gasteiger charge is -2.07. The van der Waals surface area contributed by atoms with Gasteiger partial charge in [0.15, 0.2) is 0 Å². The average Bonchev–Trinajstić information content (AvgIpc) is 3.01. The summed E-state index contributed by atoms with van der Waals surface area (Å²) in [5.74, 6) is 1.80. The van der Waals surface area contributed by atoms with Crippen LogP contribution in [0, 0.1) is 5.92 Å². The number of phenolic OH excluding ortho intramolecular Hbond substituents is 1. The number of phenols is 1. The molecule has 1 saturated heterocycles. The molecule has 0 radical (unpaired) electrons. The summed E-state index contributed by atoms with van der Waals surface area (Å²) in [6.07, 6.45) is 3.81. The van der Waals surface area contributed by atoms with E-state index in [4.69, 9.17) is 4.52 Å². The Labute approximate surface area is 106 Å². The Hall–Kier alpha value is -1.81. The quantitative estimate of drug-likeness (QED) is 0.869. The second-order valence-corrected chi connectivity index (χ2v) is 4.78. The molecule has 0 aliphatic carbocycles. The summed E-state index contributed by atoms with van der Waals surface area (Å²) < 4.78 is 5.36. The molecule has 2 N–H and O–H groups in total. The van der Waals surface area contributed by atoms with Gasteiger partial charge in [0.05, 0.1) is 6.20 Å². The minimum Gasteiger partial charge on any atom is -0.508 e. The summed E-state index contributed by atoms with van der Waals surface area (Å²) in [5.41, 5.74) is 1.94. The van der Waals surface area contributed by atoms with Crippen LogP contribution in [-0.2, 0) is 6.42 Å². The van der Waals surface area contributed by atoms with E-state index in [1.165, 1.54) is 6.42 Å². The topological polar surface area (TPSA) is 58.3 Å². The zero-order valence-electron chi connectivity index (χ0n) is 10.1. The minimum absolute atomic E-state index is 0.266. The van der Waals surface area contributed by atoms with Crippen molar-refractivity contribution in [1.82, 2.24) is 10.5 Å². The van der Waals surface area contributed by atoms with E-state index in [0.29, 0.717) is 5.92 Å². The van der Waals surface area contributed by atoms with Crippen LogP contribution in [0.3, 0.4) is 0 Å². The number of nitrogens with zero attached hydrogens (tertiary/aromatic N) is 1. The van der Waals surface area contributed by atoms with E-state index in [2.05, 4.69) is 10.5 Å². The largest absolute Gasteiger partial charge is 0.508 e. The molecule has 1 aliphatic rings. The lowest BCUT2D eigenvalue weighted by Crippen LogP contribution is -2.10. The number of hydrogen-bond acceptors (Lipinski definition) is 4. The number of rotatable bonds is 3. The van der Waals surface area contributed by atoms with Gasteiger partial charge in [-0.3, -0.25) is 0 Å². The Bertz CT molecular complexity index is 530. The molecule has 4 heteroatoms. The lowest BCUT2D eigenvalue weighted by molar-refractivity contribution is 0.364. The summed E-state index contributed by atoms with van der Waals surface area (Å²) in [6.45, 7) is 2.13. The molecule has 0 amide bonds. The summed E-state index contributed by atoms with van der Waals surface area (Å²) >= 11 is 0. The highest BCUT2D eigenvalue weighted by Crippen LogP contribution is 2.28. The fraction of sp³-hybridized carbons (Fsp3) is 0.357. The van der Waals surface area contributed by atoms with Gasteiger partial charge in [-0.15, -0.1) is 0 Å². The van der Waals surface area contributed by atoms with Crippen LogP contribution in [0.15, 0.2) is 35.0 Å². The average molecular weight is 244 g/mol. The van der Waals surface area contributed by atoms with Crippen molar-refractivity contribution >= 4 is 0 Å². The molecule has 0 bridgehead atoms. The van der Waals surface area contributed by atoms with Gasteiger partial charge in [-0.2, -0.15) is 0 Å². The van der Waals surface area contributed by atoms with Crippen molar-refractivity contribution in [3.05, 3.63) is 36.2 Å². The molecule has 1 fully saturated rings. The summed E-state index contributed by atoms with van der Waals surface area (Å²) in [6, 6.07) is 7.20. The van der Waals surface area contributed by atoms with Gasteiger partial charge < -0.3 is 14.9 Å². The van der Waals surface area contributed by atoms with Gasteiger partial charge in [-0.25, -0.2) is 0 Å². The van der Waals surface area contributed by atoms with Crippen molar-refractivity contribution in [2.24, 2.45) is 5.92 Å². The van der Waals surface area contributed by atoms with Gasteiger partial charge in [-0.05, 0) is 43.1 Å². The Morgan fingerprint density at radius 1 is 1.44 bits per heavy atom. The van der Waals surface area contributed by atoms with E-state index in [9.17, 15) is 5.11 Å². The molecule has 2 aromatic rings. The van der Waals surface area contributed by atoms with Crippen LogP contribution < -0.4 is 5.32 Å². The Morgan fingerprint density at radius 2 is 2.39 bits per heavy atom. The van der Waals surface area contributed by atoms with Gasteiger partial charge in [0.1, 0.15) is 11.5 Å². The van der Waals surface area contributed by atoms with Crippen LogP contribution in [0.1, 0.15) is 12.2 Å². The Balaban J connectivity index is 1.86. The van der Waals surface area contributed by atoms with Gasteiger partial charge >= 0.3 is 0 Å². The summed E-state index contributed by atoms with van der Waals surface area (Å²) in [4.78, 5) is 0. The van der Waals surface area contributed by atoms with E-state index >= 15 is 0 Å². The normalized spacial score (nSPS) is 19.2. The maximum atomic E-state index is 9.53. The molecule has 1 aliphatic heterocycles. The van der Waals surface area contributed by atoms with Crippen LogP contribution >= 0.6 is 0 Å². The van der Waals surface area contributed by atoms with Crippen molar-refractivity contribution in [2.75, 3.05) is 13.1 Å².